The highest BCUT2D eigenvalue weighted by atomic mass is 32.2. The lowest BCUT2D eigenvalue weighted by Gasteiger charge is -2.35. The highest BCUT2D eigenvalue weighted by Crippen LogP contribution is 2.42. The van der Waals surface area contributed by atoms with Crippen LogP contribution in [-0.4, -0.2) is 31.3 Å². The molecule has 4 nitrogen and oxygen atoms in total. The Labute approximate surface area is 176 Å². The van der Waals surface area contributed by atoms with Crippen LogP contribution in [-0.2, 0) is 20.8 Å². The molecule has 2 fully saturated rings. The summed E-state index contributed by atoms with van der Waals surface area (Å²) in [5, 5.41) is -0.0649. The molecule has 1 N–H and O–H groups in total. The molecule has 174 valence electrons. The second kappa shape index (κ2) is 8.29. The Morgan fingerprint density at radius 3 is 2.10 bits per heavy atom. The fourth-order valence-electron chi connectivity index (χ4n) is 4.13. The number of halogens is 6. The first-order chi connectivity index (χ1) is 14.2. The van der Waals surface area contributed by atoms with Crippen molar-refractivity contribution < 1.29 is 39.6 Å². The smallest absolute Gasteiger partial charge is 0.353 e. The number of alkyl halides is 6. The third-order valence-corrected chi connectivity index (χ3v) is 8.37. The summed E-state index contributed by atoms with van der Waals surface area (Å²) in [5.74, 6) is -3.74. The van der Waals surface area contributed by atoms with Crippen LogP contribution in [0.5, 0.6) is 0 Å². The van der Waals surface area contributed by atoms with Gasteiger partial charge >= 0.3 is 6.18 Å². The maximum Gasteiger partial charge on any atom is 0.416 e. The van der Waals surface area contributed by atoms with Crippen LogP contribution in [0.4, 0.5) is 26.3 Å². The third kappa shape index (κ3) is 5.18. The molecule has 0 spiro atoms. The minimum absolute atomic E-state index is 0.0245. The van der Waals surface area contributed by atoms with Gasteiger partial charge in [-0.1, -0.05) is 6.07 Å². The summed E-state index contributed by atoms with van der Waals surface area (Å²) in [4.78, 5) is 11.6. The lowest BCUT2D eigenvalue weighted by molar-refractivity contribution is -0.137. The van der Waals surface area contributed by atoms with Crippen molar-refractivity contribution >= 4 is 15.7 Å². The van der Waals surface area contributed by atoms with Gasteiger partial charge in [-0.2, -0.15) is 13.2 Å². The van der Waals surface area contributed by atoms with Crippen LogP contribution in [0.15, 0.2) is 29.2 Å². The topological polar surface area (TPSA) is 63.2 Å². The number of hydrogen-bond donors (Lipinski definition) is 1. The number of hydrogen-bond acceptors (Lipinski definition) is 3. The van der Waals surface area contributed by atoms with Gasteiger partial charge in [-0.3, -0.25) is 4.79 Å². The highest BCUT2D eigenvalue weighted by molar-refractivity contribution is 7.92. The van der Waals surface area contributed by atoms with Gasteiger partial charge in [0.15, 0.2) is 0 Å². The summed E-state index contributed by atoms with van der Waals surface area (Å²) in [6.07, 6.45) is -6.45. The molecule has 0 aromatic heterocycles. The molecule has 1 aromatic carbocycles. The fourth-order valence-corrected chi connectivity index (χ4v) is 5.87. The molecule has 3 rings (SSSR count). The van der Waals surface area contributed by atoms with Gasteiger partial charge in [-0.25, -0.2) is 21.6 Å². The Hall–Kier alpha value is -1.78. The maximum absolute atomic E-state index is 15.3. The van der Waals surface area contributed by atoms with E-state index in [0.29, 0.717) is 12.1 Å². The standard InChI is InChI=1S/C20H23F6NO3S/c21-18(22)8-4-13(5-9-18)17(28)27-15-6-10-19(23,11-7-15)31(29,30)16-3-1-2-14(12-16)20(24,25)26/h1-3,12-13,15H,4-11H2,(H,27,28)/t15-,19-. The van der Waals surface area contributed by atoms with E-state index < -0.39 is 68.1 Å². The molecule has 1 amide bonds. The molecule has 2 aliphatic rings. The Balaban J connectivity index is 1.63. The normalized spacial score (nSPS) is 27.6. The zero-order chi connectivity index (χ0) is 23.1. The Morgan fingerprint density at radius 1 is 0.968 bits per heavy atom. The van der Waals surface area contributed by atoms with Gasteiger partial charge in [0.25, 0.3) is 0 Å². The Bertz CT molecular complexity index is 913. The second-order valence-electron chi connectivity index (χ2n) is 8.33. The van der Waals surface area contributed by atoms with E-state index in [1.165, 1.54) is 0 Å². The fraction of sp³-hybridized carbons (Fsp3) is 0.650. The van der Waals surface area contributed by atoms with E-state index in [1.54, 1.807) is 0 Å². The van der Waals surface area contributed by atoms with Crippen LogP contribution in [0.1, 0.15) is 56.9 Å². The molecule has 2 saturated carbocycles. The van der Waals surface area contributed by atoms with Crippen LogP contribution in [0, 0.1) is 5.92 Å². The average molecular weight is 471 g/mol. The van der Waals surface area contributed by atoms with E-state index in [1.807, 2.05) is 0 Å². The van der Waals surface area contributed by atoms with Crippen molar-refractivity contribution in [1.82, 2.24) is 5.32 Å². The number of sulfone groups is 1. The summed E-state index contributed by atoms with van der Waals surface area (Å²) in [7, 11) is -4.69. The second-order valence-corrected chi connectivity index (χ2v) is 10.5. The SMILES string of the molecule is O=C(N[C@H]1CC[C@](F)(S(=O)(=O)c2cccc(C(F)(F)F)c2)CC1)C1CCC(F)(F)CC1. The summed E-state index contributed by atoms with van der Waals surface area (Å²) >= 11 is 0. The Morgan fingerprint density at radius 2 is 1.55 bits per heavy atom. The third-order valence-electron chi connectivity index (χ3n) is 6.12. The van der Waals surface area contributed by atoms with Crippen molar-refractivity contribution in [2.75, 3.05) is 0 Å². The van der Waals surface area contributed by atoms with Crippen LogP contribution in [0.25, 0.3) is 0 Å². The lowest BCUT2D eigenvalue weighted by atomic mass is 9.85. The van der Waals surface area contributed by atoms with Crippen LogP contribution < -0.4 is 5.32 Å². The van der Waals surface area contributed by atoms with Crippen molar-refractivity contribution in [2.45, 2.75) is 79.4 Å². The van der Waals surface area contributed by atoms with Crippen molar-refractivity contribution in [2.24, 2.45) is 5.92 Å². The molecule has 0 radical (unpaired) electrons. The predicted octanol–water partition coefficient (Wildman–Crippen LogP) is 5.03. The molecule has 0 bridgehead atoms. The maximum atomic E-state index is 15.3. The molecule has 1 aromatic rings. The molecule has 2 aliphatic carbocycles. The lowest BCUT2D eigenvalue weighted by Crippen LogP contribution is -2.47. The molecular formula is C20H23F6NO3S. The number of carbonyl (C=O) groups excluding carboxylic acids is 1. The van der Waals surface area contributed by atoms with E-state index in [0.717, 1.165) is 12.1 Å². The van der Waals surface area contributed by atoms with E-state index in [9.17, 15) is 35.2 Å². The zero-order valence-corrected chi connectivity index (χ0v) is 17.3. The van der Waals surface area contributed by atoms with Gasteiger partial charge in [0, 0.05) is 24.8 Å². The quantitative estimate of drug-likeness (QED) is 0.627. The van der Waals surface area contributed by atoms with Crippen molar-refractivity contribution in [3.05, 3.63) is 29.8 Å². The average Bonchev–Trinajstić information content (AvgIpc) is 2.69. The number of nitrogens with one attached hydrogen (secondary N) is 1. The van der Waals surface area contributed by atoms with Gasteiger partial charge in [0.2, 0.25) is 26.7 Å². The summed E-state index contributed by atoms with van der Waals surface area (Å²) in [6, 6.07) is 2.45. The predicted molar refractivity (Wildman–Crippen MR) is 99.8 cm³/mol. The first-order valence-corrected chi connectivity index (χ1v) is 11.5. The molecule has 0 heterocycles. The number of amides is 1. The van der Waals surface area contributed by atoms with Crippen molar-refractivity contribution in [1.29, 1.82) is 0 Å². The van der Waals surface area contributed by atoms with E-state index in [-0.39, 0.29) is 38.5 Å². The van der Waals surface area contributed by atoms with Crippen molar-refractivity contribution in [3.8, 4) is 0 Å². The number of rotatable bonds is 4. The Kier molecular flexibility index (Phi) is 6.38. The molecule has 31 heavy (non-hydrogen) atoms. The van der Waals surface area contributed by atoms with Gasteiger partial charge in [0.1, 0.15) is 0 Å². The number of benzene rings is 1. The van der Waals surface area contributed by atoms with Gasteiger partial charge < -0.3 is 5.32 Å². The molecule has 0 saturated heterocycles. The van der Waals surface area contributed by atoms with E-state index in [4.69, 9.17) is 0 Å². The van der Waals surface area contributed by atoms with Crippen LogP contribution in [0.3, 0.4) is 0 Å². The van der Waals surface area contributed by atoms with Crippen molar-refractivity contribution in [3.63, 3.8) is 0 Å². The summed E-state index contributed by atoms with van der Waals surface area (Å²) < 4.78 is 106. The first kappa shape index (κ1) is 23.9. The van der Waals surface area contributed by atoms with Gasteiger partial charge in [-0.15, -0.1) is 0 Å². The monoisotopic (exact) mass is 471 g/mol. The summed E-state index contributed by atoms with van der Waals surface area (Å²) in [5.41, 5.74) is -1.18. The summed E-state index contributed by atoms with van der Waals surface area (Å²) in [6.45, 7) is 0. The highest BCUT2D eigenvalue weighted by Gasteiger charge is 2.48. The largest absolute Gasteiger partial charge is 0.416 e. The van der Waals surface area contributed by atoms with Crippen LogP contribution in [0.2, 0.25) is 0 Å². The first-order valence-electron chi connectivity index (χ1n) is 10.0. The molecular weight excluding hydrogens is 448 g/mol. The molecule has 0 aliphatic heterocycles. The van der Waals surface area contributed by atoms with E-state index in [2.05, 4.69) is 5.32 Å². The molecule has 0 unspecified atom stereocenters. The zero-order valence-electron chi connectivity index (χ0n) is 16.5. The van der Waals surface area contributed by atoms with Gasteiger partial charge in [-0.05, 0) is 56.7 Å². The van der Waals surface area contributed by atoms with Crippen LogP contribution >= 0.6 is 0 Å². The minimum atomic E-state index is -4.76. The molecule has 11 heteroatoms. The van der Waals surface area contributed by atoms with Gasteiger partial charge in [0.05, 0.1) is 10.5 Å². The minimum Gasteiger partial charge on any atom is -0.353 e. The number of carbonyl (C=O) groups is 1. The van der Waals surface area contributed by atoms with E-state index >= 15 is 4.39 Å². The molecule has 0 atom stereocenters.